The molecule has 0 aromatic heterocycles. The van der Waals surface area contributed by atoms with Crippen LogP contribution in [0.1, 0.15) is 6.92 Å². The average Bonchev–Trinajstić information content (AvgIpc) is 2.42. The summed E-state index contributed by atoms with van der Waals surface area (Å²) >= 11 is 0. The predicted molar refractivity (Wildman–Crippen MR) is 77.6 cm³/mol. The molecule has 0 aliphatic carbocycles. The minimum Gasteiger partial charge on any atom is -0.134 e. The van der Waals surface area contributed by atoms with Crippen molar-refractivity contribution in [3.05, 3.63) is 78.2 Å². The third-order valence-corrected chi connectivity index (χ3v) is 5.48. The zero-order chi connectivity index (χ0) is 11.9. The van der Waals surface area contributed by atoms with Crippen molar-refractivity contribution in [1.29, 1.82) is 0 Å². The first-order valence-corrected chi connectivity index (χ1v) is 7.71. The molecular weight excluding hydrogens is 220 g/mol. The second-order valence-corrected chi connectivity index (χ2v) is 6.54. The topological polar surface area (TPSA) is 0 Å². The molecule has 2 aromatic rings. The van der Waals surface area contributed by atoms with E-state index < -0.39 is 8.80 Å². The van der Waals surface area contributed by atoms with Gasteiger partial charge >= 0.3 is 0 Å². The first kappa shape index (κ1) is 11.7. The molecule has 1 heteroatoms. The molecule has 0 saturated carbocycles. The van der Waals surface area contributed by atoms with Gasteiger partial charge in [-0.15, -0.1) is 5.73 Å². The van der Waals surface area contributed by atoms with Crippen molar-refractivity contribution >= 4 is 19.2 Å². The summed E-state index contributed by atoms with van der Waals surface area (Å²) < 4.78 is 0. The summed E-state index contributed by atoms with van der Waals surface area (Å²) in [6, 6.07) is 21.5. The lowest BCUT2D eigenvalue weighted by Crippen LogP contribution is -2.40. The van der Waals surface area contributed by atoms with Crippen LogP contribution in [0.5, 0.6) is 0 Å². The normalized spacial score (nSPS) is 9.76. The lowest BCUT2D eigenvalue weighted by atomic mass is 10.4. The van der Waals surface area contributed by atoms with Crippen molar-refractivity contribution in [3.63, 3.8) is 0 Å². The molecule has 0 amide bonds. The van der Waals surface area contributed by atoms with Crippen molar-refractivity contribution in [2.45, 2.75) is 6.92 Å². The highest BCUT2D eigenvalue weighted by Crippen LogP contribution is 1.93. The Hall–Kier alpha value is -1.82. The van der Waals surface area contributed by atoms with Crippen LogP contribution in [-0.4, -0.2) is 8.80 Å². The highest BCUT2D eigenvalue weighted by atomic mass is 28.3. The molecule has 0 N–H and O–H groups in total. The Morgan fingerprint density at radius 1 is 0.824 bits per heavy atom. The van der Waals surface area contributed by atoms with E-state index in [4.69, 9.17) is 0 Å². The monoisotopic (exact) mass is 236 g/mol. The average molecular weight is 236 g/mol. The summed E-state index contributed by atoms with van der Waals surface area (Å²) in [4.78, 5) is 0. The van der Waals surface area contributed by atoms with Crippen LogP contribution < -0.4 is 10.4 Å². The Morgan fingerprint density at radius 3 is 1.71 bits per heavy atom. The van der Waals surface area contributed by atoms with E-state index in [1.807, 2.05) is 13.0 Å². The molecule has 0 bridgehead atoms. The van der Waals surface area contributed by atoms with E-state index in [0.29, 0.717) is 0 Å². The second-order valence-electron chi connectivity index (χ2n) is 3.92. The van der Waals surface area contributed by atoms with Gasteiger partial charge in [-0.05, 0) is 18.7 Å². The molecule has 0 nitrogen and oxygen atoms in total. The van der Waals surface area contributed by atoms with E-state index in [-0.39, 0.29) is 0 Å². The van der Waals surface area contributed by atoms with Crippen LogP contribution in [-0.2, 0) is 0 Å². The Balaban J connectivity index is 2.43. The summed E-state index contributed by atoms with van der Waals surface area (Å²) in [5.74, 6) is 0. The summed E-state index contributed by atoms with van der Waals surface area (Å²) in [5, 5.41) is 2.88. The number of hydrogen-bond donors (Lipinski definition) is 0. The van der Waals surface area contributed by atoms with Gasteiger partial charge in [0.1, 0.15) is 8.80 Å². The molecule has 0 heterocycles. The molecule has 2 rings (SSSR count). The summed E-state index contributed by atoms with van der Waals surface area (Å²) in [5.41, 5.74) is 5.51. The smallest absolute Gasteiger partial charge is 0.133 e. The minimum absolute atomic E-state index is 1.24. The van der Waals surface area contributed by atoms with Crippen molar-refractivity contribution < 1.29 is 0 Å². The van der Waals surface area contributed by atoms with Crippen molar-refractivity contribution in [3.8, 4) is 0 Å². The number of hydrogen-bond acceptors (Lipinski definition) is 0. The fourth-order valence-corrected chi connectivity index (χ4v) is 4.33. The van der Waals surface area contributed by atoms with Crippen LogP contribution in [0.4, 0.5) is 0 Å². The van der Waals surface area contributed by atoms with Crippen LogP contribution in [0.25, 0.3) is 0 Å². The van der Waals surface area contributed by atoms with E-state index in [0.717, 1.165) is 0 Å². The maximum atomic E-state index is 3.26. The molecule has 84 valence electrons. The maximum absolute atomic E-state index is 3.26. The molecular formula is C16H16Si. The fraction of sp³-hybridized carbons (Fsp3) is 0.0625. The van der Waals surface area contributed by atoms with Gasteiger partial charge in [0, 0.05) is 0 Å². The quantitative estimate of drug-likeness (QED) is 0.567. The Kier molecular flexibility index (Phi) is 4.15. The zero-order valence-electron chi connectivity index (χ0n) is 10.0. The van der Waals surface area contributed by atoms with Gasteiger partial charge in [-0.2, -0.15) is 0 Å². The molecule has 0 spiro atoms. The summed E-state index contributed by atoms with van der Waals surface area (Å²) in [7, 11) is -1.24. The third kappa shape index (κ3) is 3.07. The lowest BCUT2D eigenvalue weighted by Gasteiger charge is -2.10. The van der Waals surface area contributed by atoms with E-state index in [1.165, 1.54) is 10.4 Å². The minimum atomic E-state index is -1.24. The van der Waals surface area contributed by atoms with Crippen molar-refractivity contribution in [2.75, 3.05) is 0 Å². The van der Waals surface area contributed by atoms with Crippen LogP contribution in [0.3, 0.4) is 0 Å². The number of rotatable bonds is 3. The largest absolute Gasteiger partial charge is 0.134 e. The molecule has 0 aliphatic rings. The SMILES string of the molecule is CC=C=C[SiH](c1ccccc1)c1ccccc1. The molecule has 0 atom stereocenters. The van der Waals surface area contributed by atoms with Gasteiger partial charge in [-0.1, -0.05) is 71.0 Å². The molecule has 2 aromatic carbocycles. The third-order valence-electron chi connectivity index (χ3n) is 2.75. The standard InChI is InChI=1S/C16H16Si/c1-2-3-14-17(15-10-6-4-7-11-15)16-12-8-5-9-13-16/h2,4-14,17H,1H3. The number of benzene rings is 2. The first-order chi connectivity index (χ1) is 8.42. The van der Waals surface area contributed by atoms with Gasteiger partial charge in [-0.25, -0.2) is 0 Å². The van der Waals surface area contributed by atoms with Gasteiger partial charge in [0.25, 0.3) is 0 Å². The molecule has 0 unspecified atom stereocenters. The van der Waals surface area contributed by atoms with Gasteiger partial charge in [0.05, 0.1) is 0 Å². The summed E-state index contributed by atoms with van der Waals surface area (Å²) in [6.07, 6.45) is 1.98. The Labute approximate surface area is 105 Å². The second kappa shape index (κ2) is 6.05. The lowest BCUT2D eigenvalue weighted by molar-refractivity contribution is 1.73. The molecule has 17 heavy (non-hydrogen) atoms. The van der Waals surface area contributed by atoms with E-state index >= 15 is 0 Å². The predicted octanol–water partition coefficient (Wildman–Crippen LogP) is 2.30. The van der Waals surface area contributed by atoms with Crippen molar-refractivity contribution in [1.82, 2.24) is 0 Å². The molecule has 0 fully saturated rings. The van der Waals surface area contributed by atoms with Crippen LogP contribution in [0.15, 0.2) is 78.2 Å². The van der Waals surface area contributed by atoms with E-state index in [2.05, 4.69) is 72.1 Å². The fourth-order valence-electron chi connectivity index (χ4n) is 1.90. The molecule has 0 saturated heterocycles. The first-order valence-electron chi connectivity index (χ1n) is 5.89. The summed E-state index contributed by atoms with van der Waals surface area (Å²) in [6.45, 7) is 2.01. The van der Waals surface area contributed by atoms with E-state index in [9.17, 15) is 0 Å². The molecule has 0 radical (unpaired) electrons. The maximum Gasteiger partial charge on any atom is 0.133 e. The number of allylic oxidation sites excluding steroid dienone is 1. The highest BCUT2D eigenvalue weighted by Gasteiger charge is 2.11. The van der Waals surface area contributed by atoms with E-state index in [1.54, 1.807) is 0 Å². The van der Waals surface area contributed by atoms with Crippen molar-refractivity contribution in [2.24, 2.45) is 0 Å². The van der Waals surface area contributed by atoms with Gasteiger partial charge < -0.3 is 0 Å². The zero-order valence-corrected chi connectivity index (χ0v) is 11.2. The van der Waals surface area contributed by atoms with Gasteiger partial charge in [0.15, 0.2) is 0 Å². The highest BCUT2D eigenvalue weighted by molar-refractivity contribution is 6.89. The van der Waals surface area contributed by atoms with Gasteiger partial charge in [0.2, 0.25) is 0 Å². The van der Waals surface area contributed by atoms with Crippen LogP contribution in [0, 0.1) is 0 Å². The molecule has 0 aliphatic heterocycles. The van der Waals surface area contributed by atoms with Gasteiger partial charge in [-0.3, -0.25) is 0 Å². The Bertz CT molecular complexity index is 468. The van der Waals surface area contributed by atoms with Crippen LogP contribution in [0.2, 0.25) is 0 Å². The Morgan fingerprint density at radius 2 is 1.29 bits per heavy atom. The van der Waals surface area contributed by atoms with Crippen LogP contribution >= 0.6 is 0 Å².